The van der Waals surface area contributed by atoms with Crippen molar-refractivity contribution in [1.82, 2.24) is 0 Å². The van der Waals surface area contributed by atoms with Crippen molar-refractivity contribution in [3.05, 3.63) is 35.4 Å². The van der Waals surface area contributed by atoms with Crippen LogP contribution in [0.25, 0.3) is 0 Å². The van der Waals surface area contributed by atoms with Crippen LogP contribution in [0.2, 0.25) is 0 Å². The van der Waals surface area contributed by atoms with Crippen molar-refractivity contribution in [2.45, 2.75) is 50.3 Å². The Hall–Kier alpha value is -2.42. The first-order valence-corrected chi connectivity index (χ1v) is 8.65. The molecule has 2 aliphatic heterocycles. The van der Waals surface area contributed by atoms with Crippen molar-refractivity contribution in [3.8, 4) is 11.5 Å². The van der Waals surface area contributed by atoms with Crippen LogP contribution in [0.3, 0.4) is 0 Å². The maximum Gasteiger partial charge on any atom is 0.342 e. The van der Waals surface area contributed by atoms with Gasteiger partial charge in [0.15, 0.2) is 5.78 Å². The molecule has 0 aliphatic carbocycles. The fraction of sp³-hybridized carbons (Fsp3) is 0.474. The first kappa shape index (κ1) is 19.3. The van der Waals surface area contributed by atoms with Gasteiger partial charge < -0.3 is 29.5 Å². The highest BCUT2D eigenvalue weighted by atomic mass is 16.6. The molecule has 3 rings (SSSR count). The third-order valence-corrected chi connectivity index (χ3v) is 4.64. The SMILES string of the molecule is COc1cc(O)c2c(c1)[C@H]1O[C@@H]1C[C@H](O)[C@H](O)C(=O)/C=C/C[C@H](C)OC2=O. The zero-order valence-electron chi connectivity index (χ0n) is 15.0. The van der Waals surface area contributed by atoms with E-state index in [1.165, 1.54) is 19.3 Å². The van der Waals surface area contributed by atoms with Crippen LogP contribution in [-0.2, 0) is 14.3 Å². The monoisotopic (exact) mass is 378 g/mol. The number of carbonyl (C=O) groups excluding carboxylic acids is 2. The van der Waals surface area contributed by atoms with Gasteiger partial charge in [-0.15, -0.1) is 0 Å². The third kappa shape index (κ3) is 4.13. The van der Waals surface area contributed by atoms with E-state index >= 15 is 0 Å². The van der Waals surface area contributed by atoms with Gasteiger partial charge in [0.05, 0.1) is 19.3 Å². The van der Waals surface area contributed by atoms with E-state index in [0.29, 0.717) is 11.3 Å². The predicted octanol–water partition coefficient (Wildman–Crippen LogP) is 1.03. The molecule has 0 saturated carbocycles. The van der Waals surface area contributed by atoms with Crippen LogP contribution in [0.15, 0.2) is 24.3 Å². The molecule has 1 aromatic carbocycles. The van der Waals surface area contributed by atoms with Gasteiger partial charge in [0, 0.05) is 24.5 Å². The number of phenolic OH excluding ortho intramolecular Hbond substituents is 1. The molecule has 0 radical (unpaired) electrons. The summed E-state index contributed by atoms with van der Waals surface area (Å²) < 4.78 is 16.0. The predicted molar refractivity (Wildman–Crippen MR) is 92.5 cm³/mol. The van der Waals surface area contributed by atoms with Gasteiger partial charge in [-0.25, -0.2) is 4.79 Å². The van der Waals surface area contributed by atoms with Crippen molar-refractivity contribution >= 4 is 11.8 Å². The summed E-state index contributed by atoms with van der Waals surface area (Å²) in [7, 11) is 1.42. The number of methoxy groups -OCH3 is 1. The van der Waals surface area contributed by atoms with Gasteiger partial charge in [-0.05, 0) is 19.1 Å². The Morgan fingerprint density at radius 2 is 1.96 bits per heavy atom. The Kier molecular flexibility index (Phi) is 5.50. The molecular weight excluding hydrogens is 356 g/mol. The fourth-order valence-corrected chi connectivity index (χ4v) is 3.10. The second kappa shape index (κ2) is 7.67. The van der Waals surface area contributed by atoms with Crippen LogP contribution >= 0.6 is 0 Å². The molecule has 1 saturated heterocycles. The van der Waals surface area contributed by atoms with E-state index in [9.17, 15) is 24.9 Å². The molecule has 27 heavy (non-hydrogen) atoms. The molecule has 146 valence electrons. The summed E-state index contributed by atoms with van der Waals surface area (Å²) in [6, 6.07) is 2.87. The highest BCUT2D eigenvalue weighted by Gasteiger charge is 2.46. The molecule has 0 spiro atoms. The normalized spacial score (nSPS) is 32.5. The zero-order valence-corrected chi connectivity index (χ0v) is 15.0. The molecule has 1 fully saturated rings. The number of benzene rings is 1. The number of epoxide rings is 1. The minimum absolute atomic E-state index is 0.00568. The summed E-state index contributed by atoms with van der Waals surface area (Å²) in [5.74, 6) is -1.31. The quantitative estimate of drug-likeness (QED) is 0.489. The van der Waals surface area contributed by atoms with Crippen molar-refractivity contribution in [3.63, 3.8) is 0 Å². The number of rotatable bonds is 1. The van der Waals surface area contributed by atoms with Gasteiger partial charge in [0.25, 0.3) is 0 Å². The molecule has 8 heteroatoms. The van der Waals surface area contributed by atoms with Gasteiger partial charge in [-0.2, -0.15) is 0 Å². The van der Waals surface area contributed by atoms with Crippen molar-refractivity contribution in [1.29, 1.82) is 0 Å². The van der Waals surface area contributed by atoms with Crippen molar-refractivity contribution in [2.75, 3.05) is 7.11 Å². The van der Waals surface area contributed by atoms with Gasteiger partial charge in [-0.3, -0.25) is 4.79 Å². The van der Waals surface area contributed by atoms with Gasteiger partial charge in [0.2, 0.25) is 0 Å². The lowest BCUT2D eigenvalue weighted by Gasteiger charge is -2.17. The second-order valence-corrected chi connectivity index (χ2v) is 6.71. The van der Waals surface area contributed by atoms with Crippen molar-refractivity contribution < 1.29 is 39.1 Å². The summed E-state index contributed by atoms with van der Waals surface area (Å²) in [6.07, 6.45) is -1.72. The van der Waals surface area contributed by atoms with Gasteiger partial charge in [0.1, 0.15) is 35.4 Å². The number of fused-ring (bicyclic) bond motifs is 3. The molecule has 3 N–H and O–H groups in total. The van der Waals surface area contributed by atoms with Crippen molar-refractivity contribution in [2.24, 2.45) is 0 Å². The molecule has 0 bridgehead atoms. The minimum Gasteiger partial charge on any atom is -0.507 e. The van der Waals surface area contributed by atoms with E-state index in [0.717, 1.165) is 6.08 Å². The van der Waals surface area contributed by atoms with Crippen LogP contribution in [0.5, 0.6) is 11.5 Å². The summed E-state index contributed by atoms with van der Waals surface area (Å²) in [4.78, 5) is 24.5. The number of phenols is 1. The standard InChI is InChI=1S/C19H22O8/c1-9-4-3-5-12(20)17(23)14(22)8-15-18(27-15)11-6-10(25-2)7-13(21)16(11)19(24)26-9/h3,5-7,9,14-15,17-18,21-23H,4,8H2,1-2H3/b5-3+/t9-,14-,15+,17+,18+/m0/s1. The topological polar surface area (TPSA) is 126 Å². The Bertz CT molecular complexity index is 771. The van der Waals surface area contributed by atoms with E-state index in [1.54, 1.807) is 13.0 Å². The average molecular weight is 378 g/mol. The fourth-order valence-electron chi connectivity index (χ4n) is 3.10. The lowest BCUT2D eigenvalue weighted by atomic mass is 9.97. The number of hydrogen-bond acceptors (Lipinski definition) is 8. The number of aromatic hydroxyl groups is 1. The van der Waals surface area contributed by atoms with Gasteiger partial charge >= 0.3 is 5.97 Å². The minimum atomic E-state index is -1.56. The molecular formula is C19H22O8. The average Bonchev–Trinajstić information content (AvgIpc) is 3.38. The van der Waals surface area contributed by atoms with Crippen LogP contribution in [0.1, 0.15) is 41.8 Å². The van der Waals surface area contributed by atoms with Crippen LogP contribution in [0, 0.1) is 0 Å². The largest absolute Gasteiger partial charge is 0.507 e. The van der Waals surface area contributed by atoms with Crippen LogP contribution in [-0.4, -0.2) is 58.6 Å². The number of ether oxygens (including phenoxy) is 3. The highest BCUT2D eigenvalue weighted by Crippen LogP contribution is 2.46. The van der Waals surface area contributed by atoms with E-state index in [1.807, 2.05) is 0 Å². The smallest absolute Gasteiger partial charge is 0.342 e. The van der Waals surface area contributed by atoms with E-state index < -0.39 is 42.3 Å². The summed E-state index contributed by atoms with van der Waals surface area (Å²) in [6.45, 7) is 1.64. The molecule has 0 aromatic heterocycles. The number of hydrogen-bond donors (Lipinski definition) is 3. The third-order valence-electron chi connectivity index (χ3n) is 4.64. The first-order chi connectivity index (χ1) is 12.8. The number of aliphatic hydroxyl groups is 2. The maximum absolute atomic E-state index is 12.6. The Labute approximate surface area is 156 Å². The molecule has 2 aliphatic rings. The molecule has 5 atom stereocenters. The number of cyclic esters (lactones) is 1. The second-order valence-electron chi connectivity index (χ2n) is 6.71. The lowest BCUT2D eigenvalue weighted by molar-refractivity contribution is -0.128. The molecule has 0 unspecified atom stereocenters. The Balaban J connectivity index is 1.98. The van der Waals surface area contributed by atoms with E-state index in [-0.39, 0.29) is 24.2 Å². The maximum atomic E-state index is 12.6. The highest BCUT2D eigenvalue weighted by molar-refractivity contribution is 5.95. The van der Waals surface area contributed by atoms with Gasteiger partial charge in [-0.1, -0.05) is 6.08 Å². The number of esters is 1. The Morgan fingerprint density at radius 1 is 1.22 bits per heavy atom. The molecule has 2 heterocycles. The lowest BCUT2D eigenvalue weighted by Crippen LogP contribution is -2.34. The molecule has 8 nitrogen and oxygen atoms in total. The summed E-state index contributed by atoms with van der Waals surface area (Å²) in [5.41, 5.74) is 0.344. The molecule has 0 amide bonds. The van der Waals surface area contributed by atoms with Crippen LogP contribution in [0.4, 0.5) is 0 Å². The summed E-state index contributed by atoms with van der Waals surface area (Å²) >= 11 is 0. The Morgan fingerprint density at radius 3 is 2.67 bits per heavy atom. The first-order valence-electron chi connectivity index (χ1n) is 8.65. The number of aliphatic hydroxyl groups excluding tert-OH is 2. The van der Waals surface area contributed by atoms with Crippen LogP contribution < -0.4 is 4.74 Å². The van der Waals surface area contributed by atoms with E-state index in [4.69, 9.17) is 14.2 Å². The zero-order chi connectivity index (χ0) is 19.7. The van der Waals surface area contributed by atoms with E-state index in [2.05, 4.69) is 0 Å². The summed E-state index contributed by atoms with van der Waals surface area (Å²) in [5, 5.41) is 30.4. The molecule has 1 aromatic rings. The number of carbonyl (C=O) groups is 2. The number of ketones is 1.